The van der Waals surface area contributed by atoms with Crippen LogP contribution in [-0.2, 0) is 6.42 Å². The Labute approximate surface area is 188 Å². The van der Waals surface area contributed by atoms with Crippen molar-refractivity contribution in [2.75, 3.05) is 0 Å². The van der Waals surface area contributed by atoms with Gasteiger partial charge in [-0.05, 0) is 31.7 Å². The summed E-state index contributed by atoms with van der Waals surface area (Å²) >= 11 is 7.00. The van der Waals surface area contributed by atoms with Crippen molar-refractivity contribution in [1.82, 2.24) is 0 Å². The molecule has 2 unspecified atom stereocenters. The lowest BCUT2D eigenvalue weighted by Crippen LogP contribution is -2.35. The first-order chi connectivity index (χ1) is 14.0. The van der Waals surface area contributed by atoms with Crippen LogP contribution in [0.5, 0.6) is 0 Å². The Hall–Kier alpha value is -0.890. The smallest absolute Gasteiger partial charge is 0.131 e. The number of aliphatic hydroxyl groups is 1. The van der Waals surface area contributed by atoms with Gasteiger partial charge in [0.05, 0.1) is 16.4 Å². The second kappa shape index (κ2) is 15.0. The highest BCUT2D eigenvalue weighted by atomic mass is 32.2. The third kappa shape index (κ3) is 9.64. The molecule has 0 radical (unpaired) electrons. The van der Waals surface area contributed by atoms with Gasteiger partial charge >= 0.3 is 0 Å². The summed E-state index contributed by atoms with van der Waals surface area (Å²) in [5.74, 6) is 0. The second-order valence-electron chi connectivity index (χ2n) is 8.12. The van der Waals surface area contributed by atoms with Crippen molar-refractivity contribution in [3.05, 3.63) is 35.4 Å². The van der Waals surface area contributed by atoms with Gasteiger partial charge in [0.2, 0.25) is 0 Å². The lowest BCUT2D eigenvalue weighted by atomic mass is 10.0. The molecule has 2 atom stereocenters. The molecule has 29 heavy (non-hydrogen) atoms. The highest BCUT2D eigenvalue weighted by molar-refractivity contribution is 8.24. The quantitative estimate of drug-likeness (QED) is 0.228. The summed E-state index contributed by atoms with van der Waals surface area (Å²) in [6.45, 7) is 5.94. The number of nitrogens with zero attached hydrogens (tertiary/aromatic N) is 1. The van der Waals surface area contributed by atoms with Crippen LogP contribution in [0.15, 0.2) is 24.3 Å². The SMILES string of the molecule is CCCCCCCCCCCCc1ccccc1C(=S)SC(C)(C#N)C(O)CC. The Morgan fingerprint density at radius 1 is 1.03 bits per heavy atom. The van der Waals surface area contributed by atoms with Gasteiger partial charge in [-0.25, -0.2) is 0 Å². The second-order valence-corrected chi connectivity index (χ2v) is 10.2. The number of hydrogen-bond donors (Lipinski definition) is 1. The Balaban J connectivity index is 2.46. The Morgan fingerprint density at radius 3 is 2.14 bits per heavy atom. The summed E-state index contributed by atoms with van der Waals surface area (Å²) < 4.78 is -0.194. The Morgan fingerprint density at radius 2 is 1.59 bits per heavy atom. The van der Waals surface area contributed by atoms with Crippen LogP contribution in [0.4, 0.5) is 0 Å². The first kappa shape index (κ1) is 26.1. The van der Waals surface area contributed by atoms with Crippen molar-refractivity contribution >= 4 is 28.2 Å². The maximum Gasteiger partial charge on any atom is 0.131 e. The topological polar surface area (TPSA) is 44.0 Å². The number of aliphatic hydroxyl groups excluding tert-OH is 1. The van der Waals surface area contributed by atoms with Crippen LogP contribution in [0.2, 0.25) is 0 Å². The van der Waals surface area contributed by atoms with Crippen LogP contribution in [0.1, 0.15) is 103 Å². The van der Waals surface area contributed by atoms with Gasteiger partial charge in [-0.3, -0.25) is 0 Å². The van der Waals surface area contributed by atoms with E-state index in [1.54, 1.807) is 6.92 Å². The number of nitriles is 1. The van der Waals surface area contributed by atoms with E-state index >= 15 is 0 Å². The van der Waals surface area contributed by atoms with Crippen LogP contribution < -0.4 is 0 Å². The highest BCUT2D eigenvalue weighted by Crippen LogP contribution is 2.34. The van der Waals surface area contributed by atoms with Crippen molar-refractivity contribution in [1.29, 1.82) is 5.26 Å². The molecular formula is C25H39NOS2. The van der Waals surface area contributed by atoms with Crippen molar-refractivity contribution in [2.45, 2.75) is 109 Å². The van der Waals surface area contributed by atoms with E-state index in [4.69, 9.17) is 12.2 Å². The maximum absolute atomic E-state index is 10.2. The lowest BCUT2D eigenvalue weighted by Gasteiger charge is -2.26. The third-order valence-corrected chi connectivity index (χ3v) is 7.25. The summed E-state index contributed by atoms with van der Waals surface area (Å²) in [5.41, 5.74) is 2.31. The number of thioether (sulfide) groups is 1. The van der Waals surface area contributed by atoms with Crippen molar-refractivity contribution in [3.8, 4) is 6.07 Å². The molecule has 0 bridgehead atoms. The molecule has 1 aromatic rings. The summed E-state index contributed by atoms with van der Waals surface area (Å²) in [6, 6.07) is 10.5. The number of thiocarbonyl (C=S) groups is 1. The van der Waals surface area contributed by atoms with Crippen LogP contribution >= 0.6 is 24.0 Å². The largest absolute Gasteiger partial charge is 0.391 e. The molecule has 0 aliphatic heterocycles. The lowest BCUT2D eigenvalue weighted by molar-refractivity contribution is 0.151. The summed E-state index contributed by atoms with van der Waals surface area (Å²) in [4.78, 5) is 0. The van der Waals surface area contributed by atoms with E-state index in [1.165, 1.54) is 81.5 Å². The monoisotopic (exact) mass is 433 g/mol. The fourth-order valence-corrected chi connectivity index (χ4v) is 5.30. The molecule has 2 nitrogen and oxygen atoms in total. The Bertz CT molecular complexity index is 640. The number of benzene rings is 1. The van der Waals surface area contributed by atoms with Gasteiger partial charge in [-0.2, -0.15) is 5.26 Å². The molecule has 162 valence electrons. The highest BCUT2D eigenvalue weighted by Gasteiger charge is 2.34. The molecule has 1 N–H and O–H groups in total. The molecule has 1 aromatic carbocycles. The minimum absolute atomic E-state index is 0.542. The zero-order valence-electron chi connectivity index (χ0n) is 18.6. The maximum atomic E-state index is 10.2. The van der Waals surface area contributed by atoms with Crippen molar-refractivity contribution < 1.29 is 5.11 Å². The van der Waals surface area contributed by atoms with Gasteiger partial charge in [-0.1, -0.05) is 120 Å². The standard InChI is InChI=1S/C25H39NOS2/c1-4-6-7-8-9-10-11-12-13-14-17-21-18-15-16-19-22(21)24(28)29-25(3,20-26)23(27)5-2/h15-16,18-19,23,27H,4-14,17H2,1-3H3. The van der Waals surface area contributed by atoms with Crippen LogP contribution in [0, 0.1) is 11.3 Å². The average molecular weight is 434 g/mol. The van der Waals surface area contributed by atoms with Gasteiger partial charge in [0.1, 0.15) is 4.75 Å². The molecule has 0 aliphatic carbocycles. The fraction of sp³-hybridized carbons (Fsp3) is 0.680. The van der Waals surface area contributed by atoms with Gasteiger partial charge in [0.15, 0.2) is 0 Å². The summed E-state index contributed by atoms with van der Waals surface area (Å²) in [7, 11) is 0. The first-order valence-corrected chi connectivity index (χ1v) is 12.6. The van der Waals surface area contributed by atoms with Crippen molar-refractivity contribution in [2.24, 2.45) is 0 Å². The normalized spacial score (nSPS) is 14.2. The van der Waals surface area contributed by atoms with E-state index in [0.717, 1.165) is 12.0 Å². The van der Waals surface area contributed by atoms with Gasteiger partial charge in [-0.15, -0.1) is 0 Å². The summed E-state index contributed by atoms with van der Waals surface area (Å²) in [5, 5.41) is 19.8. The zero-order valence-corrected chi connectivity index (χ0v) is 20.2. The van der Waals surface area contributed by atoms with E-state index in [2.05, 4.69) is 31.2 Å². The number of aryl methyl sites for hydroxylation is 1. The van der Waals surface area contributed by atoms with Crippen LogP contribution in [0.25, 0.3) is 0 Å². The van der Waals surface area contributed by atoms with Gasteiger partial charge < -0.3 is 5.11 Å². The molecule has 0 aliphatic rings. The molecule has 0 heterocycles. The van der Waals surface area contributed by atoms with Crippen LogP contribution in [0.3, 0.4) is 0 Å². The number of unbranched alkanes of at least 4 members (excludes halogenated alkanes) is 9. The van der Waals surface area contributed by atoms with Crippen LogP contribution in [-0.4, -0.2) is 20.2 Å². The first-order valence-electron chi connectivity index (χ1n) is 11.4. The molecule has 0 fully saturated rings. The van der Waals surface area contributed by atoms with Crippen molar-refractivity contribution in [3.63, 3.8) is 0 Å². The van der Waals surface area contributed by atoms with E-state index in [0.29, 0.717) is 10.6 Å². The molecule has 4 heteroatoms. The van der Waals surface area contributed by atoms with E-state index < -0.39 is 10.9 Å². The fourth-order valence-electron chi connectivity index (χ4n) is 3.54. The molecule has 0 saturated carbocycles. The third-order valence-electron chi connectivity index (χ3n) is 5.59. The van der Waals surface area contributed by atoms with E-state index in [1.807, 2.05) is 13.0 Å². The molecule has 0 aromatic heterocycles. The minimum atomic E-state index is -0.907. The molecule has 0 saturated heterocycles. The van der Waals surface area contributed by atoms with E-state index in [9.17, 15) is 10.4 Å². The van der Waals surface area contributed by atoms with Gasteiger partial charge in [0, 0.05) is 5.56 Å². The number of hydrogen-bond acceptors (Lipinski definition) is 4. The predicted octanol–water partition coefficient (Wildman–Crippen LogP) is 7.61. The molecule has 0 spiro atoms. The molecule has 0 amide bonds. The summed E-state index contributed by atoms with van der Waals surface area (Å²) in [6.07, 6.45) is 14.2. The van der Waals surface area contributed by atoms with Gasteiger partial charge in [0.25, 0.3) is 0 Å². The molecular weight excluding hydrogens is 394 g/mol. The minimum Gasteiger partial charge on any atom is -0.391 e. The predicted molar refractivity (Wildman–Crippen MR) is 132 cm³/mol. The zero-order chi connectivity index (χ0) is 21.5. The number of rotatable bonds is 15. The Kier molecular flexibility index (Phi) is 13.5. The van der Waals surface area contributed by atoms with E-state index in [-0.39, 0.29) is 0 Å². The average Bonchev–Trinajstić information content (AvgIpc) is 2.74. The molecule has 1 rings (SSSR count).